The molecule has 1 aromatic carbocycles. The highest BCUT2D eigenvalue weighted by Gasteiger charge is 1.98. The molecule has 0 aromatic heterocycles. The van der Waals surface area contributed by atoms with Crippen molar-refractivity contribution in [3.8, 4) is 0 Å². The Hall–Kier alpha value is -1.33. The Bertz CT molecular complexity index is 306. The average Bonchev–Trinajstić information content (AvgIpc) is 2.05. The monoisotopic (exact) mass is 129 g/mol. The van der Waals surface area contributed by atoms with E-state index in [1.54, 1.807) is 0 Å². The molecule has 0 bridgehead atoms. The Morgan fingerprint density at radius 3 is 3.10 bits per heavy atom. The van der Waals surface area contributed by atoms with Gasteiger partial charge in [0.1, 0.15) is 0 Å². The second-order valence-corrected chi connectivity index (χ2v) is 2.28. The van der Waals surface area contributed by atoms with Crippen LogP contribution in [0.3, 0.4) is 0 Å². The molecule has 1 heteroatoms. The summed E-state index contributed by atoms with van der Waals surface area (Å²) >= 11 is 0. The molecule has 1 nitrogen and oxygen atoms in total. The van der Waals surface area contributed by atoms with Gasteiger partial charge in [0, 0.05) is 6.42 Å². The number of para-hydroxylation sites is 1. The van der Waals surface area contributed by atoms with Gasteiger partial charge in [0.2, 0.25) is 0 Å². The molecular weight excluding hydrogens is 122 g/mol. The zero-order valence-electron chi connectivity index (χ0n) is 5.54. The Morgan fingerprint density at radius 2 is 2.20 bits per heavy atom. The highest BCUT2D eigenvalue weighted by atomic mass is 14.7. The van der Waals surface area contributed by atoms with Crippen LogP contribution in [-0.4, -0.2) is 5.87 Å². The van der Waals surface area contributed by atoms with E-state index >= 15 is 0 Å². The summed E-state index contributed by atoms with van der Waals surface area (Å²) in [5.41, 5.74) is 2.35. The molecule has 0 saturated heterocycles. The maximum Gasteiger partial charge on any atom is 0.0764 e. The molecule has 10 heavy (non-hydrogen) atoms. The molecule has 1 aromatic rings. The van der Waals surface area contributed by atoms with Crippen molar-refractivity contribution in [2.75, 3.05) is 0 Å². The number of fused-ring (bicyclic) bond motifs is 1. The first-order valence-corrected chi connectivity index (χ1v) is 3.33. The van der Waals surface area contributed by atoms with Crippen LogP contribution in [0, 0.1) is 0 Å². The second-order valence-electron chi connectivity index (χ2n) is 2.28. The van der Waals surface area contributed by atoms with Gasteiger partial charge in [-0.25, -0.2) is 4.99 Å². The summed E-state index contributed by atoms with van der Waals surface area (Å²) < 4.78 is 0. The summed E-state index contributed by atoms with van der Waals surface area (Å²) in [6.07, 6.45) is 2.92. The number of nitrogens with zero attached hydrogens (tertiary/aromatic N) is 1. The van der Waals surface area contributed by atoms with E-state index in [1.165, 1.54) is 5.56 Å². The summed E-state index contributed by atoms with van der Waals surface area (Å²) in [6.45, 7) is 0. The molecule has 0 saturated carbocycles. The Labute approximate surface area is 59.7 Å². The predicted octanol–water partition coefficient (Wildman–Crippen LogP) is 2.10. The third kappa shape index (κ3) is 0.772. The van der Waals surface area contributed by atoms with Crippen LogP contribution < -0.4 is 0 Å². The summed E-state index contributed by atoms with van der Waals surface area (Å²) in [5, 5.41) is 0. The summed E-state index contributed by atoms with van der Waals surface area (Å²) in [6, 6.07) is 8.13. The van der Waals surface area contributed by atoms with Gasteiger partial charge in [0.05, 0.1) is 5.69 Å². The topological polar surface area (TPSA) is 12.4 Å². The third-order valence-corrected chi connectivity index (χ3v) is 1.59. The number of hydrogen-bond acceptors (Lipinski definition) is 1. The van der Waals surface area contributed by atoms with Gasteiger partial charge < -0.3 is 0 Å². The average molecular weight is 129 g/mol. The Balaban J connectivity index is 2.63. The molecule has 48 valence electrons. The van der Waals surface area contributed by atoms with E-state index in [4.69, 9.17) is 0 Å². The minimum absolute atomic E-state index is 0.972. The van der Waals surface area contributed by atoms with Gasteiger partial charge >= 0.3 is 0 Å². The zero-order valence-corrected chi connectivity index (χ0v) is 5.54. The lowest BCUT2D eigenvalue weighted by atomic mass is 10.1. The largest absolute Gasteiger partial charge is 0.206 e. The van der Waals surface area contributed by atoms with Crippen LogP contribution in [0.1, 0.15) is 5.56 Å². The maximum absolute atomic E-state index is 4.09. The van der Waals surface area contributed by atoms with Crippen molar-refractivity contribution in [1.82, 2.24) is 0 Å². The van der Waals surface area contributed by atoms with Crippen molar-refractivity contribution in [3.63, 3.8) is 0 Å². The highest BCUT2D eigenvalue weighted by molar-refractivity contribution is 5.65. The van der Waals surface area contributed by atoms with E-state index in [1.807, 2.05) is 24.3 Å². The van der Waals surface area contributed by atoms with Gasteiger partial charge in [0.15, 0.2) is 0 Å². The van der Waals surface area contributed by atoms with Crippen LogP contribution in [0.15, 0.2) is 35.3 Å². The van der Waals surface area contributed by atoms with Crippen molar-refractivity contribution >= 4 is 11.6 Å². The number of benzene rings is 1. The fourth-order valence-corrected chi connectivity index (χ4v) is 1.06. The van der Waals surface area contributed by atoms with Gasteiger partial charge in [-0.05, 0) is 23.6 Å². The number of rotatable bonds is 0. The SMILES string of the molecule is C1=CCc2ccccc2N=1. The lowest BCUT2D eigenvalue weighted by Crippen LogP contribution is -1.85. The fraction of sp³-hybridized carbons (Fsp3) is 0.111. The number of hydrogen-bond donors (Lipinski definition) is 0. The minimum atomic E-state index is 0.972. The minimum Gasteiger partial charge on any atom is -0.206 e. The van der Waals surface area contributed by atoms with E-state index in [9.17, 15) is 0 Å². The number of allylic oxidation sites excluding steroid dienone is 1. The van der Waals surface area contributed by atoms with Gasteiger partial charge in [-0.2, -0.15) is 0 Å². The van der Waals surface area contributed by atoms with E-state index in [2.05, 4.69) is 16.9 Å². The van der Waals surface area contributed by atoms with Gasteiger partial charge in [-0.1, -0.05) is 18.2 Å². The molecule has 1 heterocycles. The Kier molecular flexibility index (Phi) is 1.16. The first-order valence-electron chi connectivity index (χ1n) is 3.33. The molecule has 1 aliphatic heterocycles. The molecule has 0 radical (unpaired) electrons. The molecule has 0 spiro atoms. The quantitative estimate of drug-likeness (QED) is 0.508. The van der Waals surface area contributed by atoms with Gasteiger partial charge in [0.25, 0.3) is 0 Å². The standard InChI is InChI=1S/C9H7N/c1-2-6-9-8(4-1)5-3-7-10-9/h1-4,6H,5H2. The number of aliphatic imine (C=N–C) groups is 1. The summed E-state index contributed by atoms with van der Waals surface area (Å²) in [5.74, 6) is 2.84. The first kappa shape index (κ1) is 5.45. The lowest BCUT2D eigenvalue weighted by Gasteiger charge is -2.02. The molecule has 1 aliphatic rings. The molecule has 0 N–H and O–H groups in total. The van der Waals surface area contributed by atoms with Crippen molar-refractivity contribution in [2.24, 2.45) is 4.99 Å². The van der Waals surface area contributed by atoms with Crippen LogP contribution in [0.25, 0.3) is 0 Å². The third-order valence-electron chi connectivity index (χ3n) is 1.59. The van der Waals surface area contributed by atoms with Gasteiger partial charge in [-0.15, -0.1) is 0 Å². The van der Waals surface area contributed by atoms with Crippen molar-refractivity contribution < 1.29 is 0 Å². The van der Waals surface area contributed by atoms with Gasteiger partial charge in [-0.3, -0.25) is 0 Å². The molecule has 2 rings (SSSR count). The molecule has 0 unspecified atom stereocenters. The highest BCUT2D eigenvalue weighted by Crippen LogP contribution is 2.20. The van der Waals surface area contributed by atoms with Crippen LogP contribution in [0.4, 0.5) is 5.69 Å². The fourth-order valence-electron chi connectivity index (χ4n) is 1.06. The van der Waals surface area contributed by atoms with Crippen LogP contribution in [0.5, 0.6) is 0 Å². The van der Waals surface area contributed by atoms with Crippen molar-refractivity contribution in [1.29, 1.82) is 0 Å². The molecular formula is C9H7N. The van der Waals surface area contributed by atoms with Crippen LogP contribution in [0.2, 0.25) is 0 Å². The molecule has 0 aliphatic carbocycles. The second kappa shape index (κ2) is 2.13. The van der Waals surface area contributed by atoms with Crippen molar-refractivity contribution in [2.45, 2.75) is 6.42 Å². The Morgan fingerprint density at radius 1 is 1.30 bits per heavy atom. The molecule has 0 fully saturated rings. The zero-order chi connectivity index (χ0) is 6.81. The van der Waals surface area contributed by atoms with Crippen LogP contribution >= 0.6 is 0 Å². The van der Waals surface area contributed by atoms with Crippen LogP contribution in [-0.2, 0) is 6.42 Å². The smallest absolute Gasteiger partial charge is 0.0764 e. The molecule has 0 amide bonds. The molecule has 0 atom stereocenters. The lowest BCUT2D eigenvalue weighted by molar-refractivity contribution is 1.25. The predicted molar refractivity (Wildman–Crippen MR) is 41.8 cm³/mol. The van der Waals surface area contributed by atoms with E-state index in [-0.39, 0.29) is 0 Å². The van der Waals surface area contributed by atoms with Crippen molar-refractivity contribution in [3.05, 3.63) is 35.9 Å². The summed E-state index contributed by atoms with van der Waals surface area (Å²) in [4.78, 5) is 4.09. The maximum atomic E-state index is 4.09. The first-order chi connectivity index (χ1) is 4.97. The van der Waals surface area contributed by atoms with E-state index in [0.29, 0.717) is 0 Å². The summed E-state index contributed by atoms with van der Waals surface area (Å²) in [7, 11) is 0. The van der Waals surface area contributed by atoms with E-state index < -0.39 is 0 Å². The van der Waals surface area contributed by atoms with E-state index in [0.717, 1.165) is 12.1 Å². The normalized spacial score (nSPS) is 13.2.